The van der Waals surface area contributed by atoms with Crippen LogP contribution in [0, 0.1) is 0 Å². The van der Waals surface area contributed by atoms with Crippen LogP contribution < -0.4 is 0 Å². The number of hydrogen-bond donors (Lipinski definition) is 0. The molecule has 4 nitrogen and oxygen atoms in total. The number of esters is 1. The maximum atomic E-state index is 10.9. The van der Waals surface area contributed by atoms with Gasteiger partial charge in [-0.2, -0.15) is 0 Å². The lowest BCUT2D eigenvalue weighted by molar-refractivity contribution is -0.177. The van der Waals surface area contributed by atoms with Gasteiger partial charge in [0.25, 0.3) is 0 Å². The fraction of sp³-hybridized carbons (Fsp3) is 0.900. The first-order chi connectivity index (χ1) is 6.72. The summed E-state index contributed by atoms with van der Waals surface area (Å²) in [7, 11) is 0. The highest BCUT2D eigenvalue weighted by Crippen LogP contribution is 2.42. The minimum atomic E-state index is -0.222. The van der Waals surface area contributed by atoms with Gasteiger partial charge in [-0.1, -0.05) is 0 Å². The lowest BCUT2D eigenvalue weighted by atomic mass is 9.90. The van der Waals surface area contributed by atoms with Crippen molar-refractivity contribution in [2.75, 3.05) is 0 Å². The Balaban J connectivity index is 1.76. The standard InChI is InChI=1S/C10H14O4/c1-5(11)12-9-4-10-8-3-6(13-10)2-7(9)14-8/h6-10H,2-4H2,1H3/t6-,7-,8+,9+,10+/m0/s1. The van der Waals surface area contributed by atoms with Gasteiger partial charge in [-0.25, -0.2) is 0 Å². The lowest BCUT2D eigenvalue weighted by Gasteiger charge is -2.37. The van der Waals surface area contributed by atoms with E-state index in [9.17, 15) is 4.79 Å². The van der Waals surface area contributed by atoms with E-state index < -0.39 is 0 Å². The monoisotopic (exact) mass is 198 g/mol. The molecule has 0 radical (unpaired) electrons. The van der Waals surface area contributed by atoms with Crippen molar-refractivity contribution < 1.29 is 19.0 Å². The van der Waals surface area contributed by atoms with Crippen molar-refractivity contribution >= 4 is 5.97 Å². The molecule has 5 atom stereocenters. The van der Waals surface area contributed by atoms with Crippen molar-refractivity contribution in [2.45, 2.75) is 56.7 Å². The van der Waals surface area contributed by atoms with Crippen molar-refractivity contribution in [1.29, 1.82) is 0 Å². The van der Waals surface area contributed by atoms with Gasteiger partial charge in [-0.15, -0.1) is 0 Å². The Hall–Kier alpha value is -0.610. The van der Waals surface area contributed by atoms with Gasteiger partial charge in [0.15, 0.2) is 0 Å². The fourth-order valence-corrected chi connectivity index (χ4v) is 2.80. The number of carbonyl (C=O) groups is 1. The van der Waals surface area contributed by atoms with E-state index in [1.807, 2.05) is 0 Å². The quantitative estimate of drug-likeness (QED) is 0.580. The van der Waals surface area contributed by atoms with E-state index in [-0.39, 0.29) is 30.4 Å². The number of carbonyl (C=O) groups excluding carboxylic acids is 1. The average Bonchev–Trinajstić information content (AvgIpc) is 2.31. The molecule has 0 aromatic carbocycles. The number of ether oxygens (including phenoxy) is 3. The molecular formula is C10H14O4. The molecule has 0 aliphatic carbocycles. The Morgan fingerprint density at radius 2 is 1.86 bits per heavy atom. The van der Waals surface area contributed by atoms with Gasteiger partial charge in [0, 0.05) is 26.2 Å². The highest BCUT2D eigenvalue weighted by atomic mass is 16.6. The highest BCUT2D eigenvalue weighted by molar-refractivity contribution is 5.66. The molecule has 3 aliphatic rings. The van der Waals surface area contributed by atoms with E-state index in [0.29, 0.717) is 6.10 Å². The molecule has 3 heterocycles. The van der Waals surface area contributed by atoms with Gasteiger partial charge in [-0.05, 0) is 0 Å². The molecule has 14 heavy (non-hydrogen) atoms. The normalized spacial score (nSPS) is 49.4. The van der Waals surface area contributed by atoms with Gasteiger partial charge >= 0.3 is 5.97 Å². The maximum Gasteiger partial charge on any atom is 0.302 e. The van der Waals surface area contributed by atoms with Crippen LogP contribution in [0.1, 0.15) is 26.2 Å². The topological polar surface area (TPSA) is 44.8 Å². The lowest BCUT2D eigenvalue weighted by Crippen LogP contribution is -2.48. The van der Waals surface area contributed by atoms with E-state index >= 15 is 0 Å². The molecule has 0 unspecified atom stereocenters. The molecule has 0 spiro atoms. The molecule has 78 valence electrons. The van der Waals surface area contributed by atoms with Crippen LogP contribution in [-0.4, -0.2) is 36.5 Å². The van der Waals surface area contributed by atoms with Crippen LogP contribution in [0.4, 0.5) is 0 Å². The molecule has 3 bridgehead atoms. The second-order valence-electron chi connectivity index (χ2n) is 4.36. The number of hydrogen-bond acceptors (Lipinski definition) is 4. The van der Waals surface area contributed by atoms with Crippen molar-refractivity contribution in [3.8, 4) is 0 Å². The zero-order chi connectivity index (χ0) is 9.71. The second-order valence-corrected chi connectivity index (χ2v) is 4.36. The SMILES string of the molecule is CC(=O)O[C@@H]1C[C@H]2O[C@H]3C[C@@H]1O[C@@H]2C3. The van der Waals surface area contributed by atoms with Crippen LogP contribution in [0.25, 0.3) is 0 Å². The molecule has 3 rings (SSSR count). The predicted molar refractivity (Wildman–Crippen MR) is 46.7 cm³/mol. The summed E-state index contributed by atoms with van der Waals surface area (Å²) in [6.07, 6.45) is 3.45. The second kappa shape index (κ2) is 2.94. The first-order valence-electron chi connectivity index (χ1n) is 5.20. The van der Waals surface area contributed by atoms with Crippen molar-refractivity contribution in [2.24, 2.45) is 0 Å². The molecule has 3 aliphatic heterocycles. The molecule has 0 aromatic rings. The summed E-state index contributed by atoms with van der Waals surface area (Å²) in [5, 5.41) is 0. The summed E-state index contributed by atoms with van der Waals surface area (Å²) in [4.78, 5) is 10.9. The van der Waals surface area contributed by atoms with E-state index in [4.69, 9.17) is 14.2 Å². The Labute approximate surface area is 82.5 Å². The van der Waals surface area contributed by atoms with Crippen molar-refractivity contribution in [3.63, 3.8) is 0 Å². The molecular weight excluding hydrogens is 184 g/mol. The van der Waals surface area contributed by atoms with Crippen LogP contribution in [0.3, 0.4) is 0 Å². The first kappa shape index (κ1) is 8.68. The molecule has 0 aromatic heterocycles. The van der Waals surface area contributed by atoms with Gasteiger partial charge in [0.1, 0.15) is 6.10 Å². The Kier molecular flexibility index (Phi) is 1.82. The summed E-state index contributed by atoms with van der Waals surface area (Å²) in [6.45, 7) is 1.44. The minimum absolute atomic E-state index is 0.0707. The van der Waals surface area contributed by atoms with Gasteiger partial charge in [0.2, 0.25) is 0 Å². The van der Waals surface area contributed by atoms with Crippen molar-refractivity contribution in [3.05, 3.63) is 0 Å². The van der Waals surface area contributed by atoms with E-state index in [2.05, 4.69) is 0 Å². The molecule has 0 saturated carbocycles. The largest absolute Gasteiger partial charge is 0.460 e. The Morgan fingerprint density at radius 3 is 2.64 bits per heavy atom. The first-order valence-corrected chi connectivity index (χ1v) is 5.20. The van der Waals surface area contributed by atoms with Crippen LogP contribution in [0.5, 0.6) is 0 Å². The van der Waals surface area contributed by atoms with E-state index in [1.54, 1.807) is 0 Å². The zero-order valence-corrected chi connectivity index (χ0v) is 8.14. The molecule has 0 amide bonds. The summed E-state index contributed by atoms with van der Waals surface area (Å²) in [6, 6.07) is 0. The highest BCUT2D eigenvalue weighted by Gasteiger charge is 2.51. The minimum Gasteiger partial charge on any atom is -0.460 e. The van der Waals surface area contributed by atoms with Crippen LogP contribution in [0.15, 0.2) is 0 Å². The maximum absolute atomic E-state index is 10.9. The average molecular weight is 198 g/mol. The fourth-order valence-electron chi connectivity index (χ4n) is 2.80. The Bertz CT molecular complexity index is 263. The zero-order valence-electron chi connectivity index (χ0n) is 8.14. The van der Waals surface area contributed by atoms with Crippen LogP contribution in [0.2, 0.25) is 0 Å². The smallest absolute Gasteiger partial charge is 0.302 e. The van der Waals surface area contributed by atoms with Gasteiger partial charge < -0.3 is 14.2 Å². The van der Waals surface area contributed by atoms with E-state index in [1.165, 1.54) is 6.92 Å². The Morgan fingerprint density at radius 1 is 1.14 bits per heavy atom. The molecule has 3 saturated heterocycles. The predicted octanol–water partition coefficient (Wildman–Crippen LogP) is 0.637. The summed E-state index contributed by atoms with van der Waals surface area (Å²) in [5.41, 5.74) is 0. The van der Waals surface area contributed by atoms with E-state index in [0.717, 1.165) is 19.3 Å². The number of fused-ring (bicyclic) bond motifs is 2. The van der Waals surface area contributed by atoms with Crippen LogP contribution in [-0.2, 0) is 19.0 Å². The summed E-state index contributed by atoms with van der Waals surface area (Å²) >= 11 is 0. The third-order valence-electron chi connectivity index (χ3n) is 3.32. The van der Waals surface area contributed by atoms with Crippen molar-refractivity contribution in [1.82, 2.24) is 0 Å². The molecule has 4 heteroatoms. The summed E-state index contributed by atoms with van der Waals surface area (Å²) in [5.74, 6) is -0.222. The van der Waals surface area contributed by atoms with Gasteiger partial charge in [-0.3, -0.25) is 4.79 Å². The third-order valence-corrected chi connectivity index (χ3v) is 3.32. The van der Waals surface area contributed by atoms with Crippen LogP contribution >= 0.6 is 0 Å². The molecule has 0 N–H and O–H groups in total. The molecule has 3 fully saturated rings. The summed E-state index contributed by atoms with van der Waals surface area (Å²) < 4.78 is 16.8. The third kappa shape index (κ3) is 1.25. The number of rotatable bonds is 1. The van der Waals surface area contributed by atoms with Gasteiger partial charge in [0.05, 0.1) is 24.4 Å².